The van der Waals surface area contributed by atoms with E-state index >= 15 is 0 Å². The lowest BCUT2D eigenvalue weighted by atomic mass is 10.0. The maximum atomic E-state index is 12.9. The minimum Gasteiger partial charge on any atom is -0.497 e. The molecule has 0 bridgehead atoms. The van der Waals surface area contributed by atoms with E-state index < -0.39 is 0 Å². The molecule has 0 radical (unpaired) electrons. The number of ether oxygens (including phenoxy) is 1. The molecule has 0 atom stereocenters. The van der Waals surface area contributed by atoms with Gasteiger partial charge in [-0.25, -0.2) is 0 Å². The number of hydrogen-bond acceptors (Lipinski definition) is 5. The summed E-state index contributed by atoms with van der Waals surface area (Å²) >= 11 is 0. The van der Waals surface area contributed by atoms with Crippen molar-refractivity contribution >= 4 is 11.7 Å². The fourth-order valence-corrected chi connectivity index (χ4v) is 4.35. The second-order valence-electron chi connectivity index (χ2n) is 8.62. The Labute approximate surface area is 205 Å². The van der Waals surface area contributed by atoms with Crippen molar-refractivity contribution in [2.24, 2.45) is 0 Å². The number of hydrogen-bond donors (Lipinski definition) is 0. The third kappa shape index (κ3) is 5.32. The monoisotopic (exact) mass is 464 g/mol. The SMILES string of the molecule is COc1cccc(-c2ccc(N3CCN(C(=O)Cc4ccc(-c5ccccc5)cc4)CC3)nn2)c1. The summed E-state index contributed by atoms with van der Waals surface area (Å²) < 4.78 is 5.30. The van der Waals surface area contributed by atoms with Gasteiger partial charge in [-0.3, -0.25) is 4.79 Å². The number of benzene rings is 3. The van der Waals surface area contributed by atoms with Crippen molar-refractivity contribution < 1.29 is 9.53 Å². The van der Waals surface area contributed by atoms with Gasteiger partial charge < -0.3 is 14.5 Å². The molecule has 1 aliphatic rings. The molecule has 1 saturated heterocycles. The zero-order chi connectivity index (χ0) is 24.0. The number of aromatic nitrogens is 2. The van der Waals surface area contributed by atoms with E-state index in [4.69, 9.17) is 4.74 Å². The molecule has 176 valence electrons. The summed E-state index contributed by atoms with van der Waals surface area (Å²) in [5.74, 6) is 1.79. The number of nitrogens with zero attached hydrogens (tertiary/aromatic N) is 4. The highest BCUT2D eigenvalue weighted by Gasteiger charge is 2.22. The van der Waals surface area contributed by atoms with E-state index in [1.54, 1.807) is 7.11 Å². The molecular formula is C29H28N4O2. The second kappa shape index (κ2) is 10.4. The molecule has 0 aliphatic carbocycles. The van der Waals surface area contributed by atoms with E-state index in [9.17, 15) is 4.79 Å². The van der Waals surface area contributed by atoms with Crippen LogP contribution in [0, 0.1) is 0 Å². The molecule has 0 spiro atoms. The first-order valence-electron chi connectivity index (χ1n) is 11.8. The van der Waals surface area contributed by atoms with Gasteiger partial charge in [-0.15, -0.1) is 10.2 Å². The quantitative estimate of drug-likeness (QED) is 0.414. The lowest BCUT2D eigenvalue weighted by molar-refractivity contribution is -0.130. The summed E-state index contributed by atoms with van der Waals surface area (Å²) in [6.45, 7) is 2.85. The third-order valence-electron chi connectivity index (χ3n) is 6.39. The van der Waals surface area contributed by atoms with Gasteiger partial charge in [-0.05, 0) is 41.0 Å². The Morgan fingerprint density at radius 2 is 1.49 bits per heavy atom. The largest absolute Gasteiger partial charge is 0.497 e. The number of methoxy groups -OCH3 is 1. The fourth-order valence-electron chi connectivity index (χ4n) is 4.35. The molecule has 3 aromatic carbocycles. The van der Waals surface area contributed by atoms with Crippen LogP contribution in [0.25, 0.3) is 22.4 Å². The van der Waals surface area contributed by atoms with Crippen molar-refractivity contribution in [3.63, 3.8) is 0 Å². The van der Waals surface area contributed by atoms with Crippen molar-refractivity contribution in [1.29, 1.82) is 0 Å². The van der Waals surface area contributed by atoms with Gasteiger partial charge in [0.15, 0.2) is 5.82 Å². The highest BCUT2D eigenvalue weighted by molar-refractivity contribution is 5.79. The summed E-state index contributed by atoms with van der Waals surface area (Å²) in [5.41, 5.74) is 5.15. The van der Waals surface area contributed by atoms with Gasteiger partial charge >= 0.3 is 0 Å². The molecule has 4 aromatic rings. The topological polar surface area (TPSA) is 58.6 Å². The van der Waals surface area contributed by atoms with Gasteiger partial charge in [0.25, 0.3) is 0 Å². The molecule has 1 aliphatic heterocycles. The van der Waals surface area contributed by atoms with Gasteiger partial charge in [-0.1, -0.05) is 66.7 Å². The van der Waals surface area contributed by atoms with Crippen LogP contribution in [0.15, 0.2) is 91.0 Å². The van der Waals surface area contributed by atoms with Gasteiger partial charge in [0.1, 0.15) is 5.75 Å². The van der Waals surface area contributed by atoms with E-state index in [0.717, 1.165) is 47.0 Å². The van der Waals surface area contributed by atoms with Crippen LogP contribution in [0.5, 0.6) is 5.75 Å². The first-order chi connectivity index (χ1) is 17.2. The Kier molecular flexibility index (Phi) is 6.70. The second-order valence-corrected chi connectivity index (χ2v) is 8.62. The molecule has 2 heterocycles. The molecular weight excluding hydrogens is 436 g/mol. The molecule has 0 saturated carbocycles. The zero-order valence-electron chi connectivity index (χ0n) is 19.8. The fraction of sp³-hybridized carbons (Fsp3) is 0.207. The lowest BCUT2D eigenvalue weighted by Gasteiger charge is -2.35. The van der Waals surface area contributed by atoms with Crippen LogP contribution in [0.4, 0.5) is 5.82 Å². The number of rotatable bonds is 6. The summed E-state index contributed by atoms with van der Waals surface area (Å²) in [6, 6.07) is 30.3. The van der Waals surface area contributed by atoms with Crippen molar-refractivity contribution in [1.82, 2.24) is 15.1 Å². The first kappa shape index (κ1) is 22.6. The minimum atomic E-state index is 0.163. The van der Waals surface area contributed by atoms with Gasteiger partial charge in [0, 0.05) is 31.7 Å². The predicted octanol–water partition coefficient (Wildman–Crippen LogP) is 4.71. The van der Waals surface area contributed by atoms with E-state index in [0.29, 0.717) is 19.5 Å². The summed E-state index contributed by atoms with van der Waals surface area (Å²) in [5, 5.41) is 8.85. The third-order valence-corrected chi connectivity index (χ3v) is 6.39. The highest BCUT2D eigenvalue weighted by Crippen LogP contribution is 2.23. The number of piperazine rings is 1. The predicted molar refractivity (Wildman–Crippen MR) is 138 cm³/mol. The van der Waals surface area contributed by atoms with Crippen LogP contribution in [0.1, 0.15) is 5.56 Å². The molecule has 6 heteroatoms. The zero-order valence-corrected chi connectivity index (χ0v) is 19.8. The summed E-state index contributed by atoms with van der Waals surface area (Å²) in [4.78, 5) is 17.0. The Balaban J connectivity index is 1.15. The minimum absolute atomic E-state index is 0.163. The molecule has 0 N–H and O–H groups in total. The Hall–Kier alpha value is -4.19. The molecule has 35 heavy (non-hydrogen) atoms. The highest BCUT2D eigenvalue weighted by atomic mass is 16.5. The maximum Gasteiger partial charge on any atom is 0.227 e. The Morgan fingerprint density at radius 1 is 0.771 bits per heavy atom. The van der Waals surface area contributed by atoms with Crippen LogP contribution in [-0.2, 0) is 11.2 Å². The van der Waals surface area contributed by atoms with Crippen molar-refractivity contribution in [3.05, 3.63) is 96.6 Å². The van der Waals surface area contributed by atoms with Crippen LogP contribution in [0.2, 0.25) is 0 Å². The molecule has 1 aromatic heterocycles. The number of anilines is 1. The maximum absolute atomic E-state index is 12.9. The molecule has 0 unspecified atom stereocenters. The standard InChI is InChI=1S/C29H28N4O2/c1-35-26-9-5-8-25(21-26)27-14-15-28(31-30-27)32-16-18-33(19-17-32)29(34)20-22-10-12-24(13-11-22)23-6-3-2-4-7-23/h2-15,21H,16-20H2,1H3. The summed E-state index contributed by atoms with van der Waals surface area (Å²) in [7, 11) is 1.65. The molecule has 6 nitrogen and oxygen atoms in total. The van der Waals surface area contributed by atoms with Crippen molar-refractivity contribution in [2.45, 2.75) is 6.42 Å². The Bertz CT molecular complexity index is 1270. The van der Waals surface area contributed by atoms with Crippen LogP contribution >= 0.6 is 0 Å². The van der Waals surface area contributed by atoms with E-state index in [2.05, 4.69) is 51.5 Å². The summed E-state index contributed by atoms with van der Waals surface area (Å²) in [6.07, 6.45) is 0.421. The molecule has 1 amide bonds. The van der Waals surface area contributed by atoms with Crippen molar-refractivity contribution in [3.8, 4) is 28.1 Å². The normalized spacial score (nSPS) is 13.5. The molecule has 5 rings (SSSR count). The number of carbonyl (C=O) groups is 1. The van der Waals surface area contributed by atoms with Gasteiger partial charge in [-0.2, -0.15) is 0 Å². The average molecular weight is 465 g/mol. The van der Waals surface area contributed by atoms with Crippen LogP contribution in [0.3, 0.4) is 0 Å². The van der Waals surface area contributed by atoms with Crippen molar-refractivity contribution in [2.75, 3.05) is 38.2 Å². The number of carbonyl (C=O) groups excluding carboxylic acids is 1. The van der Waals surface area contributed by atoms with E-state index in [-0.39, 0.29) is 5.91 Å². The Morgan fingerprint density at radius 3 is 2.17 bits per heavy atom. The smallest absolute Gasteiger partial charge is 0.227 e. The first-order valence-corrected chi connectivity index (χ1v) is 11.8. The van der Waals surface area contributed by atoms with Crippen LogP contribution in [-0.4, -0.2) is 54.3 Å². The molecule has 1 fully saturated rings. The van der Waals surface area contributed by atoms with Gasteiger partial charge in [0.05, 0.1) is 19.2 Å². The number of amides is 1. The van der Waals surface area contributed by atoms with Crippen LogP contribution < -0.4 is 9.64 Å². The van der Waals surface area contributed by atoms with Gasteiger partial charge in [0.2, 0.25) is 5.91 Å². The van der Waals surface area contributed by atoms with E-state index in [1.165, 1.54) is 5.56 Å². The van der Waals surface area contributed by atoms with E-state index in [1.807, 2.05) is 59.5 Å². The lowest BCUT2D eigenvalue weighted by Crippen LogP contribution is -2.49. The average Bonchev–Trinajstić information content (AvgIpc) is 2.94.